The standard InChI is InChI=1S/C50H55N5O5/c1-52(37-12-7-31(8-13-37)28-53-29-35-26-43-44(27-36(35)30-53)50(60)55(49(43)59)45-19-20-46(57)51-48(45)58)38-21-23-54(24-22-38)39-14-9-33(10-15-39)47-41(32-5-3-2-4-6-32)17-11-34-25-40(56)16-18-42(34)47/h2-6,9-10,14-16,18,25-27,31,37-38,41,45,47,56H,7-8,11-13,17,19-24,28-30H2,1H3,(H,51,57,58)/t31?,37?,41-,45?,47+/m1/s1. The maximum absolute atomic E-state index is 13.4. The van der Waals surface area contributed by atoms with E-state index in [9.17, 15) is 24.3 Å². The van der Waals surface area contributed by atoms with E-state index in [0.29, 0.717) is 40.8 Å². The average Bonchev–Trinajstić information content (AvgIpc) is 3.78. The summed E-state index contributed by atoms with van der Waals surface area (Å²) in [6, 6.07) is 30.2. The fourth-order valence-electron chi connectivity index (χ4n) is 11.7. The van der Waals surface area contributed by atoms with Gasteiger partial charge in [0.05, 0.1) is 11.1 Å². The van der Waals surface area contributed by atoms with Gasteiger partial charge < -0.3 is 14.9 Å². The Morgan fingerprint density at radius 3 is 2.02 bits per heavy atom. The number of rotatable bonds is 8. The molecule has 10 heteroatoms. The van der Waals surface area contributed by atoms with Crippen LogP contribution in [0.25, 0.3) is 0 Å². The lowest BCUT2D eigenvalue weighted by Crippen LogP contribution is -2.54. The Kier molecular flexibility index (Phi) is 10.3. The molecule has 3 fully saturated rings. The molecular weight excluding hydrogens is 751 g/mol. The van der Waals surface area contributed by atoms with Crippen LogP contribution in [0, 0.1) is 5.92 Å². The van der Waals surface area contributed by atoms with E-state index < -0.39 is 23.8 Å². The van der Waals surface area contributed by atoms with Gasteiger partial charge in [-0.1, -0.05) is 48.5 Å². The minimum absolute atomic E-state index is 0.117. The highest BCUT2D eigenvalue weighted by Crippen LogP contribution is 2.47. The predicted octanol–water partition coefficient (Wildman–Crippen LogP) is 7.13. The van der Waals surface area contributed by atoms with Crippen LogP contribution in [0.2, 0.25) is 0 Å². The van der Waals surface area contributed by atoms with E-state index in [1.807, 2.05) is 24.3 Å². The van der Waals surface area contributed by atoms with E-state index >= 15 is 0 Å². The number of aryl methyl sites for hydroxylation is 1. The molecule has 4 aromatic carbocycles. The maximum Gasteiger partial charge on any atom is 0.262 e. The number of nitrogens with zero attached hydrogens (tertiary/aromatic N) is 4. The number of imide groups is 2. The number of aromatic hydroxyl groups is 1. The van der Waals surface area contributed by atoms with Gasteiger partial charge in [-0.2, -0.15) is 0 Å². The molecule has 1 unspecified atom stereocenters. The summed E-state index contributed by atoms with van der Waals surface area (Å²) in [7, 11) is 2.35. The first-order chi connectivity index (χ1) is 29.2. The molecule has 4 heterocycles. The van der Waals surface area contributed by atoms with Crippen molar-refractivity contribution in [2.45, 2.75) is 107 Å². The molecule has 4 aliphatic heterocycles. The zero-order valence-corrected chi connectivity index (χ0v) is 34.5. The molecule has 310 valence electrons. The van der Waals surface area contributed by atoms with Crippen LogP contribution in [0.5, 0.6) is 5.75 Å². The zero-order chi connectivity index (χ0) is 41.1. The molecule has 2 saturated heterocycles. The summed E-state index contributed by atoms with van der Waals surface area (Å²) in [5.41, 5.74) is 9.55. The van der Waals surface area contributed by atoms with Crippen LogP contribution in [0.4, 0.5) is 5.69 Å². The van der Waals surface area contributed by atoms with Crippen molar-refractivity contribution in [2.75, 3.05) is 31.6 Å². The lowest BCUT2D eigenvalue weighted by atomic mass is 9.69. The van der Waals surface area contributed by atoms with E-state index in [-0.39, 0.29) is 24.7 Å². The largest absolute Gasteiger partial charge is 0.508 e. The number of fused-ring (bicyclic) bond motifs is 3. The van der Waals surface area contributed by atoms with Gasteiger partial charge in [0.2, 0.25) is 11.8 Å². The number of phenolic OH excluding ortho intramolecular Hbond substituents is 1. The van der Waals surface area contributed by atoms with Crippen molar-refractivity contribution in [3.8, 4) is 5.75 Å². The molecule has 3 atom stereocenters. The molecular formula is C50H55N5O5. The third kappa shape index (κ3) is 7.21. The maximum atomic E-state index is 13.4. The predicted molar refractivity (Wildman–Crippen MR) is 230 cm³/mol. The van der Waals surface area contributed by atoms with Crippen molar-refractivity contribution in [1.82, 2.24) is 20.0 Å². The number of anilines is 1. The van der Waals surface area contributed by atoms with Crippen LogP contribution >= 0.6 is 0 Å². The Balaban J connectivity index is 0.709. The van der Waals surface area contributed by atoms with Gasteiger partial charge in [0, 0.05) is 62.8 Å². The minimum Gasteiger partial charge on any atom is -0.508 e. The third-order valence-electron chi connectivity index (χ3n) is 14.9. The molecule has 0 bridgehead atoms. The van der Waals surface area contributed by atoms with Crippen molar-refractivity contribution in [3.05, 3.63) is 129 Å². The van der Waals surface area contributed by atoms with Gasteiger partial charge in [-0.15, -0.1) is 0 Å². The number of carbonyl (C=O) groups excluding carboxylic acids is 4. The minimum atomic E-state index is -0.939. The molecule has 0 radical (unpaired) electrons. The van der Waals surface area contributed by atoms with Gasteiger partial charge in [-0.3, -0.25) is 34.3 Å². The summed E-state index contributed by atoms with van der Waals surface area (Å²) in [5, 5.41) is 12.5. The fraction of sp³-hybridized carbons (Fsp3) is 0.440. The molecule has 2 aliphatic carbocycles. The number of phenols is 1. The number of nitrogens with one attached hydrogen (secondary N) is 1. The number of piperidine rings is 2. The zero-order valence-electron chi connectivity index (χ0n) is 34.5. The second kappa shape index (κ2) is 15.9. The number of amides is 4. The Bertz CT molecular complexity index is 2270. The average molecular weight is 806 g/mol. The lowest BCUT2D eigenvalue weighted by molar-refractivity contribution is -0.136. The van der Waals surface area contributed by atoms with Crippen molar-refractivity contribution >= 4 is 29.3 Å². The molecule has 4 amide bonds. The van der Waals surface area contributed by atoms with Gasteiger partial charge >= 0.3 is 0 Å². The molecule has 10 nitrogen and oxygen atoms in total. The van der Waals surface area contributed by atoms with E-state index in [1.54, 1.807) is 0 Å². The van der Waals surface area contributed by atoms with Crippen molar-refractivity contribution in [2.24, 2.45) is 5.92 Å². The highest BCUT2D eigenvalue weighted by molar-refractivity contribution is 6.23. The summed E-state index contributed by atoms with van der Waals surface area (Å²) < 4.78 is 0. The number of hydrogen-bond acceptors (Lipinski definition) is 8. The van der Waals surface area contributed by atoms with Crippen LogP contribution < -0.4 is 10.2 Å². The Labute approximate surface area is 352 Å². The van der Waals surface area contributed by atoms with Gasteiger partial charge in [-0.25, -0.2) is 0 Å². The molecule has 6 aliphatic rings. The number of carbonyl (C=O) groups is 4. The molecule has 0 aromatic heterocycles. The fourth-order valence-corrected chi connectivity index (χ4v) is 11.7. The SMILES string of the molecule is CN(C1CCC(CN2Cc3cc4c(cc3C2)C(=O)N(C2CCC(=O)NC2=O)C4=O)CC1)C1CCN(c2ccc([C@@H]3c4ccc(O)cc4CC[C@@H]3c3ccccc3)cc2)CC1. The smallest absolute Gasteiger partial charge is 0.262 e. The Hall–Kier alpha value is -5.32. The van der Waals surface area contributed by atoms with Gasteiger partial charge in [-0.05, 0) is 146 Å². The van der Waals surface area contributed by atoms with Crippen molar-refractivity contribution < 1.29 is 24.3 Å². The Morgan fingerprint density at radius 1 is 0.683 bits per heavy atom. The summed E-state index contributed by atoms with van der Waals surface area (Å²) in [4.78, 5) is 59.7. The van der Waals surface area contributed by atoms with Crippen LogP contribution in [-0.2, 0) is 29.1 Å². The molecule has 0 spiro atoms. The topological polar surface area (TPSA) is 114 Å². The highest BCUT2D eigenvalue weighted by Gasteiger charge is 2.45. The lowest BCUT2D eigenvalue weighted by Gasteiger charge is -2.43. The molecule has 2 N–H and O–H groups in total. The summed E-state index contributed by atoms with van der Waals surface area (Å²) in [6.07, 6.45) is 9.50. The van der Waals surface area contributed by atoms with Crippen LogP contribution in [0.3, 0.4) is 0 Å². The van der Waals surface area contributed by atoms with Crippen molar-refractivity contribution in [1.29, 1.82) is 0 Å². The highest BCUT2D eigenvalue weighted by atomic mass is 16.3. The summed E-state index contributed by atoms with van der Waals surface area (Å²) in [6.45, 7) is 4.66. The van der Waals surface area contributed by atoms with Gasteiger partial charge in [0.15, 0.2) is 0 Å². The number of benzene rings is 4. The monoisotopic (exact) mass is 805 g/mol. The molecule has 4 aromatic rings. The molecule has 10 rings (SSSR count). The van der Waals surface area contributed by atoms with E-state index in [1.165, 1.54) is 66.5 Å². The first-order valence-electron chi connectivity index (χ1n) is 22.2. The van der Waals surface area contributed by atoms with E-state index in [2.05, 4.69) is 87.7 Å². The van der Waals surface area contributed by atoms with Crippen LogP contribution in [0.15, 0.2) is 84.9 Å². The Morgan fingerprint density at radius 2 is 1.35 bits per heavy atom. The van der Waals surface area contributed by atoms with Crippen LogP contribution in [0.1, 0.15) is 124 Å². The third-order valence-corrected chi connectivity index (χ3v) is 14.9. The van der Waals surface area contributed by atoms with Gasteiger partial charge in [0.1, 0.15) is 11.8 Å². The second-order valence-electron chi connectivity index (χ2n) is 18.3. The molecule has 60 heavy (non-hydrogen) atoms. The summed E-state index contributed by atoms with van der Waals surface area (Å²) in [5.74, 6) is -0.179. The molecule has 1 saturated carbocycles. The van der Waals surface area contributed by atoms with Crippen molar-refractivity contribution in [3.63, 3.8) is 0 Å². The summed E-state index contributed by atoms with van der Waals surface area (Å²) >= 11 is 0. The normalized spacial score (nSPS) is 26.0. The van der Waals surface area contributed by atoms with E-state index in [0.717, 1.165) is 61.6 Å². The quantitative estimate of drug-likeness (QED) is 0.181. The first-order valence-corrected chi connectivity index (χ1v) is 22.2. The van der Waals surface area contributed by atoms with E-state index in [4.69, 9.17) is 0 Å². The van der Waals surface area contributed by atoms with Gasteiger partial charge in [0.25, 0.3) is 11.8 Å². The first kappa shape index (κ1) is 38.9. The van der Waals surface area contributed by atoms with Crippen LogP contribution in [-0.4, -0.2) is 88.2 Å². The number of hydrogen-bond donors (Lipinski definition) is 2. The second-order valence-corrected chi connectivity index (χ2v) is 18.3.